The topological polar surface area (TPSA) is 114 Å². The van der Waals surface area contributed by atoms with Crippen molar-refractivity contribution in [3.8, 4) is 6.07 Å². The molecule has 0 spiro atoms. The number of nitrogens with zero attached hydrogens (tertiary/aromatic N) is 2. The zero-order valence-corrected chi connectivity index (χ0v) is 32.3. The lowest BCUT2D eigenvalue weighted by atomic mass is 10.0. The van der Waals surface area contributed by atoms with Crippen molar-refractivity contribution in [3.63, 3.8) is 0 Å². The molecule has 0 fully saturated rings. The van der Waals surface area contributed by atoms with Crippen LogP contribution in [-0.2, 0) is 29.1 Å². The Morgan fingerprint density at radius 2 is 1.55 bits per heavy atom. The van der Waals surface area contributed by atoms with Crippen LogP contribution < -0.4 is 16.0 Å². The molecule has 7 rings (SSSR count). The number of hydrogen-bond acceptors (Lipinski definition) is 7. The van der Waals surface area contributed by atoms with E-state index in [4.69, 9.17) is 0 Å². The summed E-state index contributed by atoms with van der Waals surface area (Å²) in [7, 11) is 0. The Morgan fingerprint density at radius 1 is 0.857 bits per heavy atom. The number of carbonyl (C=O) groups is 3. The van der Waals surface area contributed by atoms with Crippen molar-refractivity contribution in [1.82, 2.24) is 10.2 Å². The Morgan fingerprint density at radius 3 is 2.27 bits per heavy atom. The summed E-state index contributed by atoms with van der Waals surface area (Å²) in [6, 6.07) is 45.9. The summed E-state index contributed by atoms with van der Waals surface area (Å²) in [6.45, 7) is 4.35. The smallest absolute Gasteiger partial charge is 0.272 e. The van der Waals surface area contributed by atoms with Crippen molar-refractivity contribution in [1.29, 1.82) is 5.26 Å². The van der Waals surface area contributed by atoms with Crippen molar-refractivity contribution in [3.05, 3.63) is 189 Å². The molecule has 278 valence electrons. The zero-order chi connectivity index (χ0) is 38.9. The summed E-state index contributed by atoms with van der Waals surface area (Å²) in [6.07, 6.45) is 2.38. The van der Waals surface area contributed by atoms with Crippen LogP contribution >= 0.6 is 23.1 Å². The van der Waals surface area contributed by atoms with Crippen LogP contribution in [0.15, 0.2) is 150 Å². The SMILES string of the molecule is Cc1ccc(/C=C(\NC(=O)c2ccccc2)C(=O)Nc2cccc(SC(C(=O)Nc3sc4c(c3C#N)CCN(Cc3ccccc3)C4)c3ccccc3)c2)cc1. The van der Waals surface area contributed by atoms with Crippen molar-refractivity contribution in [2.45, 2.75) is 36.6 Å². The number of anilines is 2. The van der Waals surface area contributed by atoms with Gasteiger partial charge in [-0.25, -0.2) is 0 Å². The third kappa shape index (κ3) is 9.51. The molecule has 1 aromatic heterocycles. The minimum Gasteiger partial charge on any atom is -0.321 e. The monoisotopic (exact) mass is 773 g/mol. The standard InChI is InChI=1S/C46H39N5O3S2/c1-31-20-22-32(23-21-31)26-40(49-43(52)35-16-9-4-10-17-35)44(53)48-36-18-11-19-37(27-36)55-42(34-14-7-3-8-15-34)45(54)50-46-39(28-47)38-24-25-51(30-41(38)56-46)29-33-12-5-2-6-13-33/h2-23,26-27,42H,24-25,29-30H2,1H3,(H,48,53)(H,49,52)(H,50,54)/b40-26-. The van der Waals surface area contributed by atoms with E-state index in [1.54, 1.807) is 42.5 Å². The molecule has 0 saturated heterocycles. The summed E-state index contributed by atoms with van der Waals surface area (Å²) in [4.78, 5) is 45.3. The van der Waals surface area contributed by atoms with E-state index in [0.29, 0.717) is 28.4 Å². The van der Waals surface area contributed by atoms with Gasteiger partial charge in [0, 0.05) is 40.7 Å². The molecule has 0 bridgehead atoms. The van der Waals surface area contributed by atoms with Crippen LogP contribution in [0.1, 0.15) is 53.9 Å². The van der Waals surface area contributed by atoms with E-state index >= 15 is 0 Å². The van der Waals surface area contributed by atoms with E-state index in [1.165, 1.54) is 28.7 Å². The Kier molecular flexibility index (Phi) is 12.2. The predicted octanol–water partition coefficient (Wildman–Crippen LogP) is 9.37. The van der Waals surface area contributed by atoms with Crippen molar-refractivity contribution in [2.75, 3.05) is 17.2 Å². The molecule has 5 aromatic carbocycles. The molecule has 2 heterocycles. The van der Waals surface area contributed by atoms with E-state index in [2.05, 4.69) is 39.1 Å². The lowest BCUT2D eigenvalue weighted by Gasteiger charge is -2.26. The molecule has 8 nitrogen and oxygen atoms in total. The van der Waals surface area contributed by atoms with Gasteiger partial charge in [-0.05, 0) is 72.0 Å². The van der Waals surface area contributed by atoms with Gasteiger partial charge in [-0.3, -0.25) is 19.3 Å². The molecular formula is C46H39N5O3S2. The molecule has 0 radical (unpaired) electrons. The Labute approximate surface area is 334 Å². The summed E-state index contributed by atoms with van der Waals surface area (Å²) >= 11 is 2.82. The number of hydrogen-bond donors (Lipinski definition) is 3. The maximum Gasteiger partial charge on any atom is 0.272 e. The van der Waals surface area contributed by atoms with Crippen LogP contribution in [-0.4, -0.2) is 29.2 Å². The number of amides is 3. The highest BCUT2D eigenvalue weighted by Gasteiger charge is 2.28. The van der Waals surface area contributed by atoms with Gasteiger partial charge in [0.15, 0.2) is 0 Å². The predicted molar refractivity (Wildman–Crippen MR) is 225 cm³/mol. The fraction of sp³-hybridized carbons (Fsp3) is 0.130. The lowest BCUT2D eigenvalue weighted by molar-refractivity contribution is -0.116. The van der Waals surface area contributed by atoms with Crippen LogP contribution in [0.3, 0.4) is 0 Å². The highest BCUT2D eigenvalue weighted by molar-refractivity contribution is 8.00. The van der Waals surface area contributed by atoms with E-state index in [1.807, 2.05) is 97.9 Å². The molecule has 6 aromatic rings. The lowest BCUT2D eigenvalue weighted by Crippen LogP contribution is -2.30. The summed E-state index contributed by atoms with van der Waals surface area (Å²) < 4.78 is 0. The largest absolute Gasteiger partial charge is 0.321 e. The number of aryl methyl sites for hydroxylation is 1. The minimum absolute atomic E-state index is 0.0810. The molecule has 0 saturated carbocycles. The average molecular weight is 774 g/mol. The average Bonchev–Trinajstić information content (AvgIpc) is 3.57. The zero-order valence-electron chi connectivity index (χ0n) is 30.7. The maximum absolute atomic E-state index is 14.2. The van der Waals surface area contributed by atoms with Gasteiger partial charge in [0.2, 0.25) is 5.91 Å². The van der Waals surface area contributed by atoms with Crippen LogP contribution in [0.2, 0.25) is 0 Å². The summed E-state index contributed by atoms with van der Waals surface area (Å²) in [5, 5.41) is 19.0. The van der Waals surface area contributed by atoms with Crippen LogP contribution in [0, 0.1) is 18.3 Å². The molecule has 0 aliphatic carbocycles. The molecule has 1 atom stereocenters. The Bertz CT molecular complexity index is 2410. The third-order valence-corrected chi connectivity index (χ3v) is 11.7. The van der Waals surface area contributed by atoms with Crippen LogP contribution in [0.4, 0.5) is 10.7 Å². The molecule has 10 heteroatoms. The number of thioether (sulfide) groups is 1. The molecule has 1 aliphatic heterocycles. The number of fused-ring (bicyclic) bond motifs is 1. The van der Waals surface area contributed by atoms with Crippen molar-refractivity contribution >= 4 is 57.6 Å². The molecule has 1 unspecified atom stereocenters. The van der Waals surface area contributed by atoms with Crippen molar-refractivity contribution < 1.29 is 14.4 Å². The first-order valence-electron chi connectivity index (χ1n) is 18.2. The van der Waals surface area contributed by atoms with Crippen LogP contribution in [0.5, 0.6) is 0 Å². The van der Waals surface area contributed by atoms with Gasteiger partial charge in [0.25, 0.3) is 11.8 Å². The quantitative estimate of drug-likeness (QED) is 0.0844. The highest BCUT2D eigenvalue weighted by atomic mass is 32.2. The maximum atomic E-state index is 14.2. The molecular weight excluding hydrogens is 735 g/mol. The van der Waals surface area contributed by atoms with Gasteiger partial charge in [-0.15, -0.1) is 23.1 Å². The molecule has 1 aliphatic rings. The number of nitriles is 1. The Hall–Kier alpha value is -6.25. The second-order valence-corrected chi connectivity index (χ2v) is 15.7. The number of rotatable bonds is 12. The second kappa shape index (κ2) is 17.9. The fourth-order valence-corrected chi connectivity index (χ4v) is 8.80. The van der Waals surface area contributed by atoms with Gasteiger partial charge in [0.05, 0.1) is 5.56 Å². The van der Waals surface area contributed by atoms with E-state index in [0.717, 1.165) is 51.5 Å². The van der Waals surface area contributed by atoms with Gasteiger partial charge >= 0.3 is 0 Å². The van der Waals surface area contributed by atoms with Gasteiger partial charge in [0.1, 0.15) is 22.0 Å². The van der Waals surface area contributed by atoms with Crippen LogP contribution in [0.25, 0.3) is 6.08 Å². The van der Waals surface area contributed by atoms with Gasteiger partial charge in [-0.2, -0.15) is 5.26 Å². The second-order valence-electron chi connectivity index (χ2n) is 13.4. The molecule has 56 heavy (non-hydrogen) atoms. The first-order chi connectivity index (χ1) is 27.3. The normalized spacial score (nSPS) is 13.2. The first-order valence-corrected chi connectivity index (χ1v) is 19.9. The van der Waals surface area contributed by atoms with Gasteiger partial charge in [-0.1, -0.05) is 115 Å². The first kappa shape index (κ1) is 38.0. The minimum atomic E-state index is -0.662. The van der Waals surface area contributed by atoms with Crippen molar-refractivity contribution in [2.24, 2.45) is 0 Å². The number of thiophene rings is 1. The van der Waals surface area contributed by atoms with E-state index in [-0.39, 0.29) is 11.6 Å². The van der Waals surface area contributed by atoms with Gasteiger partial charge < -0.3 is 16.0 Å². The highest BCUT2D eigenvalue weighted by Crippen LogP contribution is 2.41. The van der Waals surface area contributed by atoms with E-state index in [9.17, 15) is 19.6 Å². The fourth-order valence-electron chi connectivity index (χ4n) is 6.47. The van der Waals surface area contributed by atoms with E-state index < -0.39 is 17.1 Å². The summed E-state index contributed by atoms with van der Waals surface area (Å²) in [5.74, 6) is -1.16. The summed E-state index contributed by atoms with van der Waals surface area (Å²) in [5.41, 5.74) is 6.41. The molecule has 3 amide bonds. The number of nitrogens with one attached hydrogen (secondary N) is 3. The third-order valence-electron chi connectivity index (χ3n) is 9.34. The number of carbonyl (C=O) groups excluding carboxylic acids is 3. The Balaban J connectivity index is 1.09. The number of benzene rings is 5. The molecule has 3 N–H and O–H groups in total.